The number of thioether (sulfide) groups is 1. The molecule has 0 aliphatic carbocycles. The molecule has 0 fully saturated rings. The van der Waals surface area contributed by atoms with Crippen molar-refractivity contribution in [3.63, 3.8) is 0 Å². The summed E-state index contributed by atoms with van der Waals surface area (Å²) < 4.78 is 11.4. The van der Waals surface area contributed by atoms with Crippen LogP contribution in [0, 0.1) is 0 Å². The third kappa shape index (κ3) is 4.41. The molecule has 1 aliphatic rings. The van der Waals surface area contributed by atoms with Crippen molar-refractivity contribution >= 4 is 23.5 Å². The van der Waals surface area contributed by atoms with E-state index in [0.29, 0.717) is 22.5 Å². The normalized spacial score (nSPS) is 14.9. The van der Waals surface area contributed by atoms with Gasteiger partial charge in [0.15, 0.2) is 11.9 Å². The van der Waals surface area contributed by atoms with Gasteiger partial charge >= 0.3 is 0 Å². The Morgan fingerprint density at radius 1 is 1.17 bits per heavy atom. The van der Waals surface area contributed by atoms with Gasteiger partial charge in [-0.1, -0.05) is 54.2 Å². The zero-order valence-electron chi connectivity index (χ0n) is 15.9. The average molecular weight is 404 g/mol. The van der Waals surface area contributed by atoms with E-state index in [-0.39, 0.29) is 0 Å². The minimum absolute atomic E-state index is 0.409. The van der Waals surface area contributed by atoms with Crippen LogP contribution in [0.3, 0.4) is 0 Å². The third-order valence-corrected chi connectivity index (χ3v) is 5.10. The molecule has 2 aromatic carbocycles. The molecule has 0 spiro atoms. The second kappa shape index (κ2) is 8.79. The maximum atomic E-state index is 6.15. The molecule has 29 heavy (non-hydrogen) atoms. The summed E-state index contributed by atoms with van der Waals surface area (Å²) in [6.07, 6.45) is 5.34. The summed E-state index contributed by atoms with van der Waals surface area (Å²) in [4.78, 5) is 4.57. The minimum atomic E-state index is -0.409. The topological polar surface area (TPSA) is 69.2 Å². The van der Waals surface area contributed by atoms with Gasteiger partial charge in [-0.25, -0.2) is 0 Å². The van der Waals surface area contributed by atoms with Crippen LogP contribution in [0.15, 0.2) is 72.4 Å². The predicted molar refractivity (Wildman–Crippen MR) is 116 cm³/mol. The summed E-state index contributed by atoms with van der Waals surface area (Å²) >= 11 is 1.46. The molecule has 0 radical (unpaired) electrons. The highest BCUT2D eigenvalue weighted by Crippen LogP contribution is 2.36. The molecule has 1 aliphatic heterocycles. The minimum Gasteiger partial charge on any atom is -0.497 e. The van der Waals surface area contributed by atoms with Gasteiger partial charge in [0.25, 0.3) is 0 Å². The Morgan fingerprint density at radius 2 is 2.00 bits per heavy atom. The number of benzene rings is 2. The van der Waals surface area contributed by atoms with E-state index in [1.165, 1.54) is 11.8 Å². The first-order valence-corrected chi connectivity index (χ1v) is 10.1. The maximum Gasteiger partial charge on any atom is 0.247 e. The first-order valence-electron chi connectivity index (χ1n) is 9.10. The van der Waals surface area contributed by atoms with E-state index in [1.807, 2.05) is 60.7 Å². The maximum absolute atomic E-state index is 6.15. The van der Waals surface area contributed by atoms with Crippen molar-refractivity contribution in [2.45, 2.75) is 11.4 Å². The van der Waals surface area contributed by atoms with E-state index >= 15 is 0 Å². The van der Waals surface area contributed by atoms with Crippen LogP contribution in [0.4, 0.5) is 5.69 Å². The molecule has 0 amide bonds. The molecule has 7 heteroatoms. The molecule has 0 saturated carbocycles. The number of hydrogen-bond acceptors (Lipinski definition) is 7. The van der Waals surface area contributed by atoms with Gasteiger partial charge in [0.1, 0.15) is 5.75 Å². The zero-order chi connectivity index (χ0) is 20.1. The van der Waals surface area contributed by atoms with E-state index < -0.39 is 6.23 Å². The van der Waals surface area contributed by atoms with Crippen LogP contribution >= 0.6 is 11.8 Å². The van der Waals surface area contributed by atoms with Crippen molar-refractivity contribution in [2.24, 2.45) is 0 Å². The molecule has 0 saturated heterocycles. The van der Waals surface area contributed by atoms with Crippen LogP contribution in [0.25, 0.3) is 17.3 Å². The van der Waals surface area contributed by atoms with Gasteiger partial charge in [0.2, 0.25) is 11.0 Å². The van der Waals surface area contributed by atoms with Gasteiger partial charge in [0, 0.05) is 17.0 Å². The summed E-state index contributed by atoms with van der Waals surface area (Å²) in [5.41, 5.74) is 3.48. The molecule has 1 aromatic heterocycles. The van der Waals surface area contributed by atoms with Crippen LogP contribution in [-0.2, 0) is 0 Å². The monoisotopic (exact) mass is 404 g/mol. The van der Waals surface area contributed by atoms with E-state index in [4.69, 9.17) is 9.47 Å². The third-order valence-electron chi connectivity index (χ3n) is 4.26. The molecule has 4 rings (SSSR count). The lowest BCUT2D eigenvalue weighted by Crippen LogP contribution is -2.23. The summed E-state index contributed by atoms with van der Waals surface area (Å²) in [7, 11) is 1.65. The number of aromatic nitrogens is 3. The number of rotatable bonds is 6. The number of nitrogens with one attached hydrogen (secondary N) is 1. The zero-order valence-corrected chi connectivity index (χ0v) is 16.7. The molecule has 146 valence electrons. The second-order valence-corrected chi connectivity index (χ2v) is 7.20. The highest BCUT2D eigenvalue weighted by atomic mass is 32.2. The van der Waals surface area contributed by atoms with E-state index in [0.717, 1.165) is 22.6 Å². The van der Waals surface area contributed by atoms with Crippen LogP contribution < -0.4 is 14.8 Å². The number of nitrogens with zero attached hydrogens (tertiary/aromatic N) is 3. The number of ether oxygens (including phenoxy) is 2. The van der Waals surface area contributed by atoms with Crippen LogP contribution in [0.5, 0.6) is 11.6 Å². The Labute approximate surface area is 173 Å². The van der Waals surface area contributed by atoms with Gasteiger partial charge in [0.05, 0.1) is 7.11 Å². The number of para-hydroxylation sites is 1. The van der Waals surface area contributed by atoms with Crippen molar-refractivity contribution in [3.8, 4) is 22.9 Å². The fraction of sp³-hybridized carbons (Fsp3) is 0.136. The van der Waals surface area contributed by atoms with Gasteiger partial charge in [-0.05, 0) is 29.8 Å². The van der Waals surface area contributed by atoms with Crippen LogP contribution in [0.1, 0.15) is 5.56 Å². The van der Waals surface area contributed by atoms with Crippen molar-refractivity contribution < 1.29 is 9.47 Å². The fourth-order valence-corrected chi connectivity index (χ4v) is 3.38. The Morgan fingerprint density at radius 3 is 2.79 bits per heavy atom. The molecule has 0 unspecified atom stereocenters. The van der Waals surface area contributed by atoms with Crippen molar-refractivity contribution in [3.05, 3.63) is 72.8 Å². The van der Waals surface area contributed by atoms with Crippen molar-refractivity contribution in [1.29, 1.82) is 0 Å². The summed E-state index contributed by atoms with van der Waals surface area (Å²) in [6.45, 7) is 3.73. The number of fused-ring (bicyclic) bond motifs is 3. The Bertz CT molecular complexity index is 1040. The van der Waals surface area contributed by atoms with Crippen LogP contribution in [0.2, 0.25) is 0 Å². The van der Waals surface area contributed by atoms with E-state index in [1.54, 1.807) is 13.2 Å². The van der Waals surface area contributed by atoms with E-state index in [9.17, 15) is 0 Å². The summed E-state index contributed by atoms with van der Waals surface area (Å²) in [5.74, 6) is 1.98. The lowest BCUT2D eigenvalue weighted by atomic mass is 10.1. The van der Waals surface area contributed by atoms with Gasteiger partial charge in [-0.15, -0.1) is 16.8 Å². The van der Waals surface area contributed by atoms with Gasteiger partial charge in [-0.2, -0.15) is 4.98 Å². The van der Waals surface area contributed by atoms with Crippen molar-refractivity contribution in [2.75, 3.05) is 18.2 Å². The molecule has 3 aromatic rings. The quantitative estimate of drug-likeness (QED) is 0.473. The Balaban J connectivity index is 1.65. The molecule has 6 nitrogen and oxygen atoms in total. The van der Waals surface area contributed by atoms with Gasteiger partial charge in [-0.3, -0.25) is 0 Å². The smallest absolute Gasteiger partial charge is 0.247 e. The highest BCUT2D eigenvalue weighted by Gasteiger charge is 2.23. The molecule has 0 bridgehead atoms. The SMILES string of the molecule is C=CCSc1nnc2c(n1)O[C@H](C=Cc1ccc(OC)cc1)Nc1ccccc1-2. The summed E-state index contributed by atoms with van der Waals surface area (Å²) in [6, 6.07) is 15.7. The molecular formula is C22H20N4O2S. The summed E-state index contributed by atoms with van der Waals surface area (Å²) in [5, 5.41) is 12.5. The molecule has 1 atom stereocenters. The first kappa shape index (κ1) is 19.0. The first-order chi connectivity index (χ1) is 14.3. The average Bonchev–Trinajstić information content (AvgIpc) is 2.92. The Hall–Kier alpha value is -3.32. The molecule has 1 N–H and O–H groups in total. The predicted octanol–water partition coefficient (Wildman–Crippen LogP) is 4.67. The lowest BCUT2D eigenvalue weighted by Gasteiger charge is -2.15. The molecular weight excluding hydrogens is 384 g/mol. The second-order valence-electron chi connectivity index (χ2n) is 6.21. The fourth-order valence-electron chi connectivity index (χ4n) is 2.86. The molecule has 2 heterocycles. The van der Waals surface area contributed by atoms with Crippen LogP contribution in [-0.4, -0.2) is 34.3 Å². The number of hydrogen-bond donors (Lipinski definition) is 1. The number of methoxy groups -OCH3 is 1. The van der Waals surface area contributed by atoms with E-state index in [2.05, 4.69) is 27.1 Å². The highest BCUT2D eigenvalue weighted by molar-refractivity contribution is 7.99. The van der Waals surface area contributed by atoms with Crippen molar-refractivity contribution in [1.82, 2.24) is 15.2 Å². The van der Waals surface area contributed by atoms with Gasteiger partial charge < -0.3 is 14.8 Å². The number of anilines is 1. The Kier molecular flexibility index (Phi) is 5.76. The standard InChI is InChI=1S/C22H20N4O2S/c1-3-14-29-22-24-21-20(25-26-22)17-6-4-5-7-18(17)23-19(28-21)13-10-15-8-11-16(27-2)12-9-15/h3-13,19,23H,1,14H2,2H3/t19-/m1/s1. The largest absolute Gasteiger partial charge is 0.497 e. The lowest BCUT2D eigenvalue weighted by molar-refractivity contribution is 0.266.